The number of rotatable bonds is 9. The molecule has 0 bridgehead atoms. The van der Waals surface area contributed by atoms with E-state index in [0.29, 0.717) is 11.8 Å². The monoisotopic (exact) mass is 464 g/mol. The van der Waals surface area contributed by atoms with Gasteiger partial charge in [0.15, 0.2) is 0 Å². The molecule has 0 radical (unpaired) electrons. The number of carbonyl (C=O) groups excluding carboxylic acids is 1. The fourth-order valence-corrected chi connectivity index (χ4v) is 5.90. The van der Waals surface area contributed by atoms with Crippen molar-refractivity contribution in [3.63, 3.8) is 0 Å². The molecule has 0 spiro atoms. The van der Waals surface area contributed by atoms with E-state index in [0.717, 1.165) is 0 Å². The van der Waals surface area contributed by atoms with Crippen LogP contribution in [-0.2, 0) is 4.79 Å². The molecule has 1 aromatic heterocycles. The molecule has 2 atom stereocenters. The smallest absolute Gasteiger partial charge is 0.550 e. The van der Waals surface area contributed by atoms with Gasteiger partial charge < -0.3 is 20.1 Å². The van der Waals surface area contributed by atoms with Crippen LogP contribution in [0.5, 0.6) is 0 Å². The topological polar surface area (TPSA) is 80.6 Å². The van der Waals surface area contributed by atoms with E-state index in [4.69, 9.17) is 0 Å². The van der Waals surface area contributed by atoms with Gasteiger partial charge in [0.05, 0.1) is 12.2 Å². The maximum absolute atomic E-state index is 10.7. The van der Waals surface area contributed by atoms with Crippen molar-refractivity contribution in [1.29, 1.82) is 0 Å². The van der Waals surface area contributed by atoms with Crippen molar-refractivity contribution < 1.29 is 49.7 Å². The molecule has 1 heterocycles. The predicted molar refractivity (Wildman–Crippen MR) is 125 cm³/mol. The van der Waals surface area contributed by atoms with Crippen LogP contribution in [0.1, 0.15) is 86.6 Å². The molecule has 1 aliphatic rings. The summed E-state index contributed by atoms with van der Waals surface area (Å²) in [6.07, 6.45) is 7.33. The van der Waals surface area contributed by atoms with Crippen LogP contribution < -0.4 is 34.7 Å². The van der Waals surface area contributed by atoms with Gasteiger partial charge in [-0.2, -0.15) is 0 Å². The number of benzene rings is 1. The first kappa shape index (κ1) is 27.3. The molecular weight excluding hydrogens is 431 g/mol. The third-order valence-corrected chi connectivity index (χ3v) is 7.56. The Labute approximate surface area is 217 Å². The van der Waals surface area contributed by atoms with Crippen molar-refractivity contribution in [1.82, 2.24) is 0 Å². The van der Waals surface area contributed by atoms with Gasteiger partial charge in [-0.1, -0.05) is 75.6 Å². The quantitative estimate of drug-likeness (QED) is 0.555. The fraction of sp³-hybridized carbons (Fsp3) is 0.500. The average Bonchev–Trinajstić information content (AvgIpc) is 3.12. The first-order chi connectivity index (χ1) is 14.9. The van der Waals surface area contributed by atoms with Gasteiger partial charge in [-0.25, -0.2) is 0 Å². The second-order valence-electron chi connectivity index (χ2n) is 8.87. The normalized spacial score (nSPS) is 16.8. The third kappa shape index (κ3) is 7.28. The van der Waals surface area contributed by atoms with Crippen molar-refractivity contribution in [2.24, 2.45) is 0 Å². The Balaban J connectivity index is 0.00000363. The van der Waals surface area contributed by atoms with Gasteiger partial charge in [0, 0.05) is 28.6 Å². The zero-order chi connectivity index (χ0) is 22.4. The molecule has 6 heteroatoms. The summed E-state index contributed by atoms with van der Waals surface area (Å²) < 4.78 is 0. The summed E-state index contributed by atoms with van der Waals surface area (Å²) in [5, 5.41) is 30.9. The van der Waals surface area contributed by atoms with E-state index in [9.17, 15) is 20.1 Å². The third-order valence-electron chi connectivity index (χ3n) is 5.99. The molecule has 2 N–H and O–H groups in total. The van der Waals surface area contributed by atoms with E-state index in [1.54, 1.807) is 6.08 Å². The summed E-state index contributed by atoms with van der Waals surface area (Å²) in [4.78, 5) is 13.3. The maximum Gasteiger partial charge on any atom is 1.00 e. The maximum atomic E-state index is 10.7. The van der Waals surface area contributed by atoms with Gasteiger partial charge in [0.25, 0.3) is 0 Å². The standard InChI is InChI=1S/C26H34O4S.Na/c1-17(2)25-22(14-13-20(27)15-21(28)16-23(29)30)24(18-9-5-3-6-10-18)26(31-25)19-11-7-4-8-12-19;/h4,7-8,11-14,17-18,20-21,27-28H,3,5-6,9-10,15-16H2,1-2H3,(H,29,30);/q;+1/p-1/b14-13+;/t20-,21-;/m1./s1. The molecule has 1 aromatic carbocycles. The Morgan fingerprint density at radius 1 is 1.16 bits per heavy atom. The number of aliphatic hydroxyl groups excluding tert-OH is 2. The van der Waals surface area contributed by atoms with Crippen molar-refractivity contribution in [2.75, 3.05) is 0 Å². The number of thiophene rings is 1. The van der Waals surface area contributed by atoms with Crippen molar-refractivity contribution >= 4 is 23.4 Å². The van der Waals surface area contributed by atoms with Crippen LogP contribution in [0.2, 0.25) is 0 Å². The second kappa shape index (κ2) is 13.1. The number of carboxylic acids is 1. The Bertz CT molecular complexity index is 885. The summed E-state index contributed by atoms with van der Waals surface area (Å²) in [7, 11) is 0. The summed E-state index contributed by atoms with van der Waals surface area (Å²) in [6.45, 7) is 4.39. The summed E-state index contributed by atoms with van der Waals surface area (Å²) in [5.74, 6) is -0.450. The van der Waals surface area contributed by atoms with Crippen molar-refractivity contribution in [2.45, 2.75) is 82.8 Å². The molecule has 2 aromatic rings. The predicted octanol–water partition coefficient (Wildman–Crippen LogP) is 1.86. The van der Waals surface area contributed by atoms with E-state index >= 15 is 0 Å². The molecule has 0 unspecified atom stereocenters. The number of aliphatic carboxylic acids is 1. The van der Waals surface area contributed by atoms with Crippen LogP contribution in [0.3, 0.4) is 0 Å². The van der Waals surface area contributed by atoms with Crippen LogP contribution >= 0.6 is 11.3 Å². The number of hydrogen-bond acceptors (Lipinski definition) is 5. The number of carboxylic acid groups (broad SMARTS) is 1. The molecular formula is C26H33NaO4S. The minimum atomic E-state index is -1.31. The van der Waals surface area contributed by atoms with E-state index in [1.165, 1.54) is 58.5 Å². The molecule has 4 nitrogen and oxygen atoms in total. The Hall–Kier alpha value is -0.950. The molecule has 168 valence electrons. The average molecular weight is 465 g/mol. The molecule has 0 saturated heterocycles. The zero-order valence-corrected chi connectivity index (χ0v) is 22.2. The molecule has 3 rings (SSSR count). The fourth-order valence-electron chi connectivity index (χ4n) is 4.52. The van der Waals surface area contributed by atoms with Gasteiger partial charge in [0.2, 0.25) is 0 Å². The van der Waals surface area contributed by atoms with E-state index < -0.39 is 24.6 Å². The Morgan fingerprint density at radius 2 is 1.81 bits per heavy atom. The number of carbonyl (C=O) groups is 1. The van der Waals surface area contributed by atoms with Crippen LogP contribution in [0.15, 0.2) is 36.4 Å². The van der Waals surface area contributed by atoms with E-state index in [2.05, 4.69) is 38.1 Å². The van der Waals surface area contributed by atoms with Gasteiger partial charge in [-0.3, -0.25) is 0 Å². The zero-order valence-electron chi connectivity index (χ0n) is 19.4. The first-order valence-electron chi connectivity index (χ1n) is 11.3. The van der Waals surface area contributed by atoms with Crippen LogP contribution in [0, 0.1) is 0 Å². The Kier molecular flexibility index (Phi) is 11.1. The summed E-state index contributed by atoms with van der Waals surface area (Å²) >= 11 is 1.85. The van der Waals surface area contributed by atoms with Crippen molar-refractivity contribution in [3.05, 3.63) is 52.4 Å². The van der Waals surface area contributed by atoms with Gasteiger partial charge in [-0.05, 0) is 41.4 Å². The molecule has 1 saturated carbocycles. The van der Waals surface area contributed by atoms with Gasteiger partial charge >= 0.3 is 29.6 Å². The molecule has 0 aliphatic heterocycles. The second-order valence-corrected chi connectivity index (χ2v) is 9.92. The molecule has 1 fully saturated rings. The SMILES string of the molecule is CC(C)c1sc(-c2ccccc2)c(C2CCCCC2)c1/C=C/[C@@H](O)C[C@@H](O)CC(=O)[O-].[Na+]. The van der Waals surface area contributed by atoms with Gasteiger partial charge in [-0.15, -0.1) is 11.3 Å². The minimum Gasteiger partial charge on any atom is -0.550 e. The van der Waals surface area contributed by atoms with Crippen LogP contribution in [0.25, 0.3) is 16.5 Å². The van der Waals surface area contributed by atoms with Crippen molar-refractivity contribution in [3.8, 4) is 10.4 Å². The van der Waals surface area contributed by atoms with Gasteiger partial charge in [0.1, 0.15) is 0 Å². The molecule has 1 aliphatic carbocycles. The van der Waals surface area contributed by atoms with Crippen LogP contribution in [0.4, 0.5) is 0 Å². The first-order valence-corrected chi connectivity index (χ1v) is 12.1. The minimum absolute atomic E-state index is 0. The molecule has 0 amide bonds. The van der Waals surface area contributed by atoms with E-state index in [-0.39, 0.29) is 36.0 Å². The summed E-state index contributed by atoms with van der Waals surface area (Å²) in [5.41, 5.74) is 3.82. The Morgan fingerprint density at radius 3 is 2.41 bits per heavy atom. The molecule has 32 heavy (non-hydrogen) atoms. The largest absolute Gasteiger partial charge is 1.00 e. The number of hydrogen-bond donors (Lipinski definition) is 2. The number of aliphatic hydroxyl groups is 2. The van der Waals surface area contributed by atoms with Crippen LogP contribution in [-0.4, -0.2) is 28.4 Å². The van der Waals surface area contributed by atoms with E-state index in [1.807, 2.05) is 23.5 Å². The summed E-state index contributed by atoms with van der Waals surface area (Å²) in [6, 6.07) is 10.5.